The maximum atomic E-state index is 12.7. The van der Waals surface area contributed by atoms with E-state index in [1.54, 1.807) is 0 Å². The first-order chi connectivity index (χ1) is 16.7. The Kier molecular flexibility index (Phi) is 15.4. The van der Waals surface area contributed by atoms with Gasteiger partial charge in [-0.05, 0) is 37.9 Å². The van der Waals surface area contributed by atoms with Crippen molar-refractivity contribution in [2.75, 3.05) is 5.75 Å². The number of esters is 2. The number of thiol groups is 2. The van der Waals surface area contributed by atoms with Gasteiger partial charge in [0.1, 0.15) is 24.7 Å². The van der Waals surface area contributed by atoms with Crippen LogP contribution in [0.4, 0.5) is 0 Å². The third kappa shape index (κ3) is 13.0. The number of hydrogen-bond acceptors (Lipinski definition) is 10. The predicted molar refractivity (Wildman–Crippen MR) is 134 cm³/mol. The second kappa shape index (κ2) is 17.4. The molecule has 0 spiro atoms. The van der Waals surface area contributed by atoms with Gasteiger partial charge in [-0.1, -0.05) is 31.9 Å². The topological polar surface area (TPSA) is 145 Å². The van der Waals surface area contributed by atoms with Gasteiger partial charge in [-0.2, -0.15) is 12.6 Å². The van der Waals surface area contributed by atoms with E-state index in [9.17, 15) is 28.8 Å². The van der Waals surface area contributed by atoms with Crippen LogP contribution in [0.25, 0.3) is 0 Å². The molecule has 1 heterocycles. The minimum absolute atomic E-state index is 0.181. The van der Waals surface area contributed by atoms with Crippen molar-refractivity contribution in [2.24, 2.45) is 0 Å². The van der Waals surface area contributed by atoms with Gasteiger partial charge in [0, 0.05) is 25.7 Å². The molecule has 1 aliphatic heterocycles. The molecule has 12 heteroatoms. The molecule has 0 saturated carbocycles. The standard InChI is InChI=1S/C23H36N2O8S2/c26-13-8-4-1-2-6-10-19(28)24-17(12-15-34)21(30)32-23(35)16-18(22(31)33-23)25-20(29)11-7-3-5-9-14-27/h13-14,17-18,34-35H,1-12,15-16H2,(H,24,28)(H,25,29)/t17-,18-,23?/m0/s1. The molecular weight excluding hydrogens is 496 g/mol. The van der Waals surface area contributed by atoms with Crippen molar-refractivity contribution in [1.82, 2.24) is 10.6 Å². The van der Waals surface area contributed by atoms with E-state index < -0.39 is 29.1 Å². The zero-order valence-electron chi connectivity index (χ0n) is 19.9. The van der Waals surface area contributed by atoms with Crippen molar-refractivity contribution in [3.8, 4) is 0 Å². The Balaban J connectivity index is 2.50. The minimum atomic E-state index is -1.87. The molecular formula is C23H36N2O8S2. The highest BCUT2D eigenvalue weighted by atomic mass is 32.1. The lowest BCUT2D eigenvalue weighted by molar-refractivity contribution is -0.187. The molecule has 35 heavy (non-hydrogen) atoms. The Morgan fingerprint density at radius 2 is 1.57 bits per heavy atom. The number of cyclic esters (lactones) is 1. The maximum absolute atomic E-state index is 12.7. The smallest absolute Gasteiger partial charge is 0.332 e. The molecule has 3 atom stereocenters. The average molecular weight is 533 g/mol. The summed E-state index contributed by atoms with van der Waals surface area (Å²) in [7, 11) is 0. The van der Waals surface area contributed by atoms with Crippen molar-refractivity contribution in [1.29, 1.82) is 0 Å². The Hall–Kier alpha value is -2.08. The number of amides is 2. The van der Waals surface area contributed by atoms with E-state index in [0.29, 0.717) is 44.3 Å². The van der Waals surface area contributed by atoms with Crippen molar-refractivity contribution in [2.45, 2.75) is 101 Å². The predicted octanol–water partition coefficient (Wildman–Crippen LogP) is 2.04. The average Bonchev–Trinajstić information content (AvgIpc) is 3.07. The molecule has 10 nitrogen and oxygen atoms in total. The summed E-state index contributed by atoms with van der Waals surface area (Å²) in [6.45, 7) is 0. The van der Waals surface area contributed by atoms with Crippen LogP contribution in [0.1, 0.15) is 83.5 Å². The maximum Gasteiger partial charge on any atom is 0.332 e. The largest absolute Gasteiger partial charge is 0.411 e. The fourth-order valence-corrected chi connectivity index (χ4v) is 4.10. The second-order valence-corrected chi connectivity index (χ2v) is 9.53. The van der Waals surface area contributed by atoms with Gasteiger partial charge in [-0.25, -0.2) is 9.59 Å². The van der Waals surface area contributed by atoms with E-state index in [-0.39, 0.29) is 37.5 Å². The summed E-state index contributed by atoms with van der Waals surface area (Å²) < 4.78 is 10.4. The van der Waals surface area contributed by atoms with Crippen LogP contribution in [0.2, 0.25) is 0 Å². The molecule has 1 aliphatic rings. The van der Waals surface area contributed by atoms with Gasteiger partial charge in [-0.3, -0.25) is 9.59 Å². The molecule has 1 rings (SSSR count). The first-order valence-corrected chi connectivity index (χ1v) is 13.1. The van der Waals surface area contributed by atoms with Gasteiger partial charge in [0.2, 0.25) is 11.8 Å². The normalized spacial score (nSPS) is 19.9. The summed E-state index contributed by atoms with van der Waals surface area (Å²) >= 11 is 8.31. The van der Waals surface area contributed by atoms with Crippen molar-refractivity contribution >= 4 is 61.6 Å². The number of rotatable bonds is 19. The van der Waals surface area contributed by atoms with E-state index in [0.717, 1.165) is 31.8 Å². The van der Waals surface area contributed by atoms with Gasteiger partial charge in [0.05, 0.1) is 6.42 Å². The third-order valence-corrected chi connectivity index (χ3v) is 5.96. The Bertz CT molecular complexity index is 736. The molecule has 0 aliphatic carbocycles. The zero-order valence-corrected chi connectivity index (χ0v) is 21.7. The van der Waals surface area contributed by atoms with E-state index in [4.69, 9.17) is 9.47 Å². The molecule has 1 saturated heterocycles. The van der Waals surface area contributed by atoms with Crippen LogP contribution < -0.4 is 10.6 Å². The highest BCUT2D eigenvalue weighted by molar-refractivity contribution is 7.81. The van der Waals surface area contributed by atoms with Crippen LogP contribution in [0, 0.1) is 0 Å². The molecule has 0 bridgehead atoms. The van der Waals surface area contributed by atoms with Crippen LogP contribution in [0.15, 0.2) is 0 Å². The number of hydrogen-bond donors (Lipinski definition) is 4. The number of unbranched alkanes of at least 4 members (excludes halogenated alkanes) is 7. The molecule has 1 unspecified atom stereocenters. The lowest BCUT2D eigenvalue weighted by Gasteiger charge is -2.25. The molecule has 0 radical (unpaired) electrons. The molecule has 0 aromatic heterocycles. The number of ether oxygens (including phenoxy) is 2. The summed E-state index contributed by atoms with van der Waals surface area (Å²) in [4.78, 5) is 69.8. The molecule has 0 aromatic rings. The number of carbonyl (C=O) groups excluding carboxylic acids is 6. The summed E-state index contributed by atoms with van der Waals surface area (Å²) in [5.74, 6) is -1.96. The second-order valence-electron chi connectivity index (χ2n) is 8.40. The number of nitrogens with one attached hydrogen (secondary N) is 2. The van der Waals surface area contributed by atoms with Crippen molar-refractivity contribution < 1.29 is 38.2 Å². The van der Waals surface area contributed by atoms with Crippen molar-refractivity contribution in [3.05, 3.63) is 0 Å². The molecule has 1 fully saturated rings. The first-order valence-electron chi connectivity index (χ1n) is 12.0. The lowest BCUT2D eigenvalue weighted by Crippen LogP contribution is -2.45. The van der Waals surface area contributed by atoms with Gasteiger partial charge in [0.25, 0.3) is 0 Å². The van der Waals surface area contributed by atoms with E-state index in [1.165, 1.54) is 0 Å². The van der Waals surface area contributed by atoms with E-state index in [1.807, 2.05) is 0 Å². The highest BCUT2D eigenvalue weighted by Gasteiger charge is 2.49. The Morgan fingerprint density at radius 3 is 2.17 bits per heavy atom. The van der Waals surface area contributed by atoms with Crippen LogP contribution in [-0.4, -0.2) is 59.3 Å². The molecule has 2 N–H and O–H groups in total. The van der Waals surface area contributed by atoms with E-state index in [2.05, 4.69) is 35.9 Å². The van der Waals surface area contributed by atoms with Gasteiger partial charge in [0.15, 0.2) is 0 Å². The van der Waals surface area contributed by atoms with Gasteiger partial charge >= 0.3 is 17.1 Å². The number of carbonyl (C=O) groups is 6. The Morgan fingerprint density at radius 1 is 1.00 bits per heavy atom. The lowest BCUT2D eigenvalue weighted by atomic mass is 10.1. The summed E-state index contributed by atoms with van der Waals surface area (Å²) in [6.07, 6.45) is 8.12. The van der Waals surface area contributed by atoms with Gasteiger partial charge < -0.3 is 29.7 Å². The molecule has 2 amide bonds. The van der Waals surface area contributed by atoms with Crippen molar-refractivity contribution in [3.63, 3.8) is 0 Å². The molecule has 0 aromatic carbocycles. The summed E-state index contributed by atoms with van der Waals surface area (Å²) in [5, 5.41) is 3.30. The minimum Gasteiger partial charge on any atom is -0.411 e. The van der Waals surface area contributed by atoms with E-state index >= 15 is 0 Å². The molecule has 198 valence electrons. The van der Waals surface area contributed by atoms with Crippen LogP contribution in [0.5, 0.6) is 0 Å². The monoisotopic (exact) mass is 532 g/mol. The Labute approximate surface area is 216 Å². The quantitative estimate of drug-likeness (QED) is 0.0650. The first kappa shape index (κ1) is 31.0. The summed E-state index contributed by atoms with van der Waals surface area (Å²) in [6, 6.07) is -2.00. The van der Waals surface area contributed by atoms with Crippen LogP contribution >= 0.6 is 25.3 Å². The summed E-state index contributed by atoms with van der Waals surface area (Å²) in [5.41, 5.74) is 0. The fourth-order valence-electron chi connectivity index (χ4n) is 3.48. The highest BCUT2D eigenvalue weighted by Crippen LogP contribution is 2.32. The third-order valence-electron chi connectivity index (χ3n) is 5.34. The fraction of sp³-hybridized carbons (Fsp3) is 0.739. The van der Waals surface area contributed by atoms with Gasteiger partial charge in [-0.15, -0.1) is 0 Å². The number of aldehydes is 2. The SMILES string of the molecule is O=CCCCCCCC(=O)N[C@@H](CCS)C(=O)OC1(S)C[C@H](NC(=O)CCCCCC=O)C(=O)O1. The zero-order chi connectivity index (χ0) is 26.1. The van der Waals surface area contributed by atoms with Crippen LogP contribution in [-0.2, 0) is 38.2 Å². The van der Waals surface area contributed by atoms with Crippen LogP contribution in [0.3, 0.4) is 0 Å².